The van der Waals surface area contributed by atoms with Crippen LogP contribution in [0.5, 0.6) is 0 Å². The quantitative estimate of drug-likeness (QED) is 0.790. The molecule has 17 heavy (non-hydrogen) atoms. The molecule has 100 valence electrons. The van der Waals surface area contributed by atoms with Crippen LogP contribution in [0.25, 0.3) is 0 Å². The van der Waals surface area contributed by atoms with Crippen molar-refractivity contribution in [1.82, 2.24) is 10.6 Å². The molecular formula is C14H28N2O. The van der Waals surface area contributed by atoms with Gasteiger partial charge in [0.1, 0.15) is 0 Å². The number of carbonyl (C=O) groups is 1. The number of piperazine rings is 1. The third-order valence-corrected chi connectivity index (χ3v) is 3.53. The highest BCUT2D eigenvalue weighted by atomic mass is 16.2. The van der Waals surface area contributed by atoms with Crippen LogP contribution < -0.4 is 10.6 Å². The Kier molecular flexibility index (Phi) is 4.99. The van der Waals surface area contributed by atoms with Gasteiger partial charge in [0, 0.05) is 12.1 Å². The van der Waals surface area contributed by atoms with E-state index in [4.69, 9.17) is 0 Å². The van der Waals surface area contributed by atoms with Crippen LogP contribution in [0.2, 0.25) is 0 Å². The van der Waals surface area contributed by atoms with E-state index in [1.807, 2.05) is 0 Å². The number of amides is 1. The topological polar surface area (TPSA) is 41.1 Å². The number of nitrogens with one attached hydrogen (secondary N) is 2. The van der Waals surface area contributed by atoms with Crippen LogP contribution >= 0.6 is 0 Å². The van der Waals surface area contributed by atoms with Crippen LogP contribution in [0.4, 0.5) is 0 Å². The van der Waals surface area contributed by atoms with Gasteiger partial charge in [-0.25, -0.2) is 0 Å². The molecule has 3 heteroatoms. The number of hydrogen-bond acceptors (Lipinski definition) is 2. The predicted molar refractivity (Wildman–Crippen MR) is 71.8 cm³/mol. The van der Waals surface area contributed by atoms with E-state index < -0.39 is 0 Å². The minimum atomic E-state index is -0.0336. The normalized spacial score (nSPS) is 30.2. The standard InChI is InChI=1S/C14H28N2O/c1-8(2)7-11-12(9(3)4)16-14(17)13(15-11)10(5)6/h8-13,15H,7H2,1-6H3,(H,16,17)/t11-,12+,13+/m1/s1. The summed E-state index contributed by atoms with van der Waals surface area (Å²) in [5.41, 5.74) is 0. The zero-order valence-electron chi connectivity index (χ0n) is 12.1. The summed E-state index contributed by atoms with van der Waals surface area (Å²) in [4.78, 5) is 12.0. The van der Waals surface area contributed by atoms with Gasteiger partial charge < -0.3 is 10.6 Å². The molecule has 0 unspecified atom stereocenters. The summed E-state index contributed by atoms with van der Waals surface area (Å²) in [5.74, 6) is 1.64. The van der Waals surface area contributed by atoms with Crippen molar-refractivity contribution in [2.45, 2.75) is 66.1 Å². The Balaban J connectivity index is 2.77. The van der Waals surface area contributed by atoms with Crippen molar-refractivity contribution in [3.63, 3.8) is 0 Å². The van der Waals surface area contributed by atoms with Crippen LogP contribution in [-0.4, -0.2) is 24.0 Å². The summed E-state index contributed by atoms with van der Waals surface area (Å²) in [5, 5.41) is 6.75. The molecule has 3 atom stereocenters. The third-order valence-electron chi connectivity index (χ3n) is 3.53. The first kappa shape index (κ1) is 14.5. The molecular weight excluding hydrogens is 212 g/mol. The SMILES string of the molecule is CC(C)C[C@H]1N[C@@H](C(C)C)C(=O)N[C@H]1C(C)C. The second-order valence-corrected chi connectivity index (χ2v) is 6.40. The first-order chi connectivity index (χ1) is 7.82. The van der Waals surface area contributed by atoms with Crippen LogP contribution in [0.15, 0.2) is 0 Å². The van der Waals surface area contributed by atoms with E-state index in [1.54, 1.807) is 0 Å². The Bertz CT molecular complexity index is 261. The van der Waals surface area contributed by atoms with Gasteiger partial charge in [0.15, 0.2) is 0 Å². The lowest BCUT2D eigenvalue weighted by Gasteiger charge is -2.41. The van der Waals surface area contributed by atoms with Gasteiger partial charge in [0.2, 0.25) is 5.91 Å². The summed E-state index contributed by atoms with van der Waals surface area (Å²) in [7, 11) is 0. The number of carbonyl (C=O) groups excluding carboxylic acids is 1. The van der Waals surface area contributed by atoms with Crippen LogP contribution in [-0.2, 0) is 4.79 Å². The molecule has 3 nitrogen and oxygen atoms in total. The van der Waals surface area contributed by atoms with Crippen molar-refractivity contribution >= 4 is 5.91 Å². The predicted octanol–water partition coefficient (Wildman–Crippen LogP) is 2.17. The maximum absolute atomic E-state index is 12.0. The summed E-state index contributed by atoms with van der Waals surface area (Å²) < 4.78 is 0. The Hall–Kier alpha value is -0.570. The maximum atomic E-state index is 12.0. The van der Waals surface area contributed by atoms with Gasteiger partial charge in [0.25, 0.3) is 0 Å². The molecule has 0 saturated carbocycles. The first-order valence-electron chi connectivity index (χ1n) is 6.89. The number of hydrogen-bond donors (Lipinski definition) is 2. The highest BCUT2D eigenvalue weighted by molar-refractivity contribution is 5.83. The second-order valence-electron chi connectivity index (χ2n) is 6.40. The Morgan fingerprint density at radius 3 is 2.06 bits per heavy atom. The average molecular weight is 240 g/mol. The highest BCUT2D eigenvalue weighted by Gasteiger charge is 2.37. The van der Waals surface area contributed by atoms with Gasteiger partial charge in [-0.3, -0.25) is 4.79 Å². The third kappa shape index (κ3) is 3.70. The largest absolute Gasteiger partial charge is 0.350 e. The van der Waals surface area contributed by atoms with Crippen LogP contribution in [0.1, 0.15) is 48.0 Å². The van der Waals surface area contributed by atoms with Gasteiger partial charge in [-0.05, 0) is 24.2 Å². The molecule has 0 spiro atoms. The van der Waals surface area contributed by atoms with Crippen molar-refractivity contribution in [3.05, 3.63) is 0 Å². The molecule has 0 bridgehead atoms. The molecule has 0 radical (unpaired) electrons. The summed E-state index contributed by atoms with van der Waals surface area (Å²) >= 11 is 0. The van der Waals surface area contributed by atoms with E-state index in [0.717, 1.165) is 6.42 Å². The molecule has 1 amide bonds. The van der Waals surface area contributed by atoms with E-state index in [1.165, 1.54) is 0 Å². The van der Waals surface area contributed by atoms with Crippen molar-refractivity contribution in [1.29, 1.82) is 0 Å². The van der Waals surface area contributed by atoms with Crippen molar-refractivity contribution in [2.24, 2.45) is 17.8 Å². The Labute approximate surface area is 106 Å². The monoisotopic (exact) mass is 240 g/mol. The highest BCUT2D eigenvalue weighted by Crippen LogP contribution is 2.20. The Morgan fingerprint density at radius 1 is 1.06 bits per heavy atom. The molecule has 1 heterocycles. The smallest absolute Gasteiger partial charge is 0.237 e. The fourth-order valence-corrected chi connectivity index (χ4v) is 2.61. The lowest BCUT2D eigenvalue weighted by molar-refractivity contribution is -0.128. The van der Waals surface area contributed by atoms with E-state index >= 15 is 0 Å². The van der Waals surface area contributed by atoms with Crippen molar-refractivity contribution < 1.29 is 4.79 Å². The minimum absolute atomic E-state index is 0.0336. The molecule has 0 aromatic heterocycles. The summed E-state index contributed by atoms with van der Waals surface area (Å²) in [6.07, 6.45) is 1.12. The van der Waals surface area contributed by atoms with Gasteiger partial charge in [-0.2, -0.15) is 0 Å². The maximum Gasteiger partial charge on any atom is 0.237 e. The van der Waals surface area contributed by atoms with Crippen molar-refractivity contribution in [2.75, 3.05) is 0 Å². The summed E-state index contributed by atoms with van der Waals surface area (Å²) in [6, 6.07) is 0.633. The van der Waals surface area contributed by atoms with Crippen LogP contribution in [0, 0.1) is 17.8 Å². The lowest BCUT2D eigenvalue weighted by Crippen LogP contribution is -2.66. The van der Waals surface area contributed by atoms with Crippen molar-refractivity contribution in [3.8, 4) is 0 Å². The van der Waals surface area contributed by atoms with Gasteiger partial charge in [-0.15, -0.1) is 0 Å². The molecule has 0 aliphatic carbocycles. The number of rotatable bonds is 4. The van der Waals surface area contributed by atoms with E-state index in [9.17, 15) is 4.79 Å². The van der Waals surface area contributed by atoms with E-state index in [0.29, 0.717) is 23.8 Å². The van der Waals surface area contributed by atoms with Gasteiger partial charge in [0.05, 0.1) is 6.04 Å². The summed E-state index contributed by atoms with van der Waals surface area (Å²) in [6.45, 7) is 13.0. The molecule has 1 rings (SSSR count). The molecule has 0 aromatic rings. The lowest BCUT2D eigenvalue weighted by atomic mass is 9.85. The molecule has 1 aliphatic heterocycles. The molecule has 1 aliphatic rings. The molecule has 1 saturated heterocycles. The fourth-order valence-electron chi connectivity index (χ4n) is 2.61. The Morgan fingerprint density at radius 2 is 1.65 bits per heavy atom. The van der Waals surface area contributed by atoms with Gasteiger partial charge >= 0.3 is 0 Å². The molecule has 0 aromatic carbocycles. The van der Waals surface area contributed by atoms with E-state index in [-0.39, 0.29) is 18.0 Å². The fraction of sp³-hybridized carbons (Fsp3) is 0.929. The first-order valence-corrected chi connectivity index (χ1v) is 6.89. The zero-order valence-corrected chi connectivity index (χ0v) is 12.1. The van der Waals surface area contributed by atoms with E-state index in [2.05, 4.69) is 52.2 Å². The zero-order chi connectivity index (χ0) is 13.2. The second kappa shape index (κ2) is 5.85. The minimum Gasteiger partial charge on any atom is -0.350 e. The van der Waals surface area contributed by atoms with Crippen LogP contribution in [0.3, 0.4) is 0 Å². The molecule has 2 N–H and O–H groups in total. The average Bonchev–Trinajstić information content (AvgIpc) is 2.18. The molecule has 1 fully saturated rings. The van der Waals surface area contributed by atoms with Gasteiger partial charge in [-0.1, -0.05) is 41.5 Å².